The number of nitrogens with zero attached hydrogens (tertiary/aromatic N) is 2. The summed E-state index contributed by atoms with van der Waals surface area (Å²) in [6.07, 6.45) is 2.15. The molecule has 0 radical (unpaired) electrons. The third kappa shape index (κ3) is 3.30. The van der Waals surface area contributed by atoms with Crippen molar-refractivity contribution in [1.29, 1.82) is 0 Å². The molecule has 0 atom stereocenters. The molecule has 0 N–H and O–H groups in total. The van der Waals surface area contributed by atoms with Gasteiger partial charge in [-0.1, -0.05) is 0 Å². The van der Waals surface area contributed by atoms with Crippen LogP contribution in [0.5, 0.6) is 0 Å². The molecule has 1 heterocycles. The van der Waals surface area contributed by atoms with E-state index < -0.39 is 0 Å². The van der Waals surface area contributed by atoms with Crippen LogP contribution in [0.2, 0.25) is 0 Å². The predicted octanol–water partition coefficient (Wildman–Crippen LogP) is 0.845. The highest BCUT2D eigenvalue weighted by Crippen LogP contribution is 2.12. The number of methoxy groups -OCH3 is 1. The van der Waals surface area contributed by atoms with Gasteiger partial charge in [0.05, 0.1) is 5.60 Å². The van der Waals surface area contributed by atoms with Crippen LogP contribution < -0.4 is 11.2 Å². The van der Waals surface area contributed by atoms with E-state index in [2.05, 4.69) is 0 Å². The van der Waals surface area contributed by atoms with Crippen molar-refractivity contribution in [3.05, 3.63) is 33.1 Å². The van der Waals surface area contributed by atoms with Crippen LogP contribution in [0, 0.1) is 0 Å². The molecule has 0 saturated carbocycles. The fourth-order valence-corrected chi connectivity index (χ4v) is 1.49. The summed E-state index contributed by atoms with van der Waals surface area (Å²) in [4.78, 5) is 23.5. The van der Waals surface area contributed by atoms with E-state index in [0.717, 1.165) is 0 Å². The molecule has 0 fully saturated rings. The molecule has 0 saturated heterocycles. The third-order valence-electron chi connectivity index (χ3n) is 2.97. The molecular weight excluding hydrogens is 220 g/mol. The minimum Gasteiger partial charge on any atom is -0.379 e. The lowest BCUT2D eigenvalue weighted by atomic mass is 10.1. The Bertz CT molecular complexity index is 485. The minimum absolute atomic E-state index is 0.257. The Morgan fingerprint density at radius 3 is 2.53 bits per heavy atom. The second-order valence-corrected chi connectivity index (χ2v) is 4.59. The SMILES string of the molecule is CCn1ccc(=O)n(CCC(C)(C)OC)c1=O. The van der Waals surface area contributed by atoms with Crippen LogP contribution in [0.15, 0.2) is 21.9 Å². The number of aromatic nitrogens is 2. The Hall–Kier alpha value is -1.36. The van der Waals surface area contributed by atoms with Gasteiger partial charge in [-0.3, -0.25) is 9.36 Å². The standard InChI is InChI=1S/C12H20N2O3/c1-5-13-8-6-10(15)14(11(13)16)9-7-12(2,3)17-4/h6,8H,5,7,9H2,1-4H3. The smallest absolute Gasteiger partial charge is 0.330 e. The zero-order valence-electron chi connectivity index (χ0n) is 10.9. The highest BCUT2D eigenvalue weighted by atomic mass is 16.5. The Labute approximate surface area is 101 Å². The van der Waals surface area contributed by atoms with Gasteiger partial charge in [-0.15, -0.1) is 0 Å². The summed E-state index contributed by atoms with van der Waals surface area (Å²) >= 11 is 0. The van der Waals surface area contributed by atoms with Crippen molar-refractivity contribution in [2.45, 2.75) is 45.9 Å². The first-order chi connectivity index (χ1) is 7.91. The summed E-state index contributed by atoms with van der Waals surface area (Å²) < 4.78 is 8.04. The number of ether oxygens (including phenoxy) is 1. The lowest BCUT2D eigenvalue weighted by molar-refractivity contribution is 0.0115. The average Bonchev–Trinajstić information content (AvgIpc) is 2.29. The van der Waals surface area contributed by atoms with E-state index in [1.54, 1.807) is 7.11 Å². The largest absolute Gasteiger partial charge is 0.379 e. The molecule has 17 heavy (non-hydrogen) atoms. The molecule has 0 aliphatic carbocycles. The molecule has 5 nitrogen and oxygen atoms in total. The van der Waals surface area contributed by atoms with Gasteiger partial charge in [0.1, 0.15) is 0 Å². The lowest BCUT2D eigenvalue weighted by Gasteiger charge is -2.22. The molecule has 0 spiro atoms. The number of rotatable bonds is 5. The van der Waals surface area contributed by atoms with Crippen molar-refractivity contribution in [2.24, 2.45) is 0 Å². The molecular formula is C12H20N2O3. The van der Waals surface area contributed by atoms with Crippen LogP contribution >= 0.6 is 0 Å². The van der Waals surface area contributed by atoms with Crippen molar-refractivity contribution in [3.63, 3.8) is 0 Å². The highest BCUT2D eigenvalue weighted by Gasteiger charge is 2.17. The van der Waals surface area contributed by atoms with Gasteiger partial charge in [0.25, 0.3) is 5.56 Å². The van der Waals surface area contributed by atoms with Crippen molar-refractivity contribution in [1.82, 2.24) is 9.13 Å². The van der Waals surface area contributed by atoms with Crippen molar-refractivity contribution >= 4 is 0 Å². The summed E-state index contributed by atoms with van der Waals surface area (Å²) in [6.45, 7) is 6.67. The molecule has 0 aromatic carbocycles. The maximum absolute atomic E-state index is 11.9. The molecule has 5 heteroatoms. The average molecular weight is 240 g/mol. The van der Waals surface area contributed by atoms with Gasteiger partial charge >= 0.3 is 5.69 Å². The summed E-state index contributed by atoms with van der Waals surface area (Å²) in [7, 11) is 1.62. The molecule has 1 aromatic heterocycles. The van der Waals surface area contributed by atoms with Crippen LogP contribution in [-0.2, 0) is 17.8 Å². The van der Waals surface area contributed by atoms with E-state index >= 15 is 0 Å². The molecule has 0 aliphatic rings. The summed E-state index contributed by atoms with van der Waals surface area (Å²) in [6, 6.07) is 1.42. The van der Waals surface area contributed by atoms with Crippen molar-refractivity contribution in [2.75, 3.05) is 7.11 Å². The fourth-order valence-electron chi connectivity index (χ4n) is 1.49. The van der Waals surface area contributed by atoms with Gasteiger partial charge in [0.2, 0.25) is 0 Å². The van der Waals surface area contributed by atoms with Gasteiger partial charge in [-0.2, -0.15) is 0 Å². The van der Waals surface area contributed by atoms with Gasteiger partial charge in [0.15, 0.2) is 0 Å². The topological polar surface area (TPSA) is 53.2 Å². The molecule has 1 rings (SSSR count). The molecule has 96 valence electrons. The predicted molar refractivity (Wildman–Crippen MR) is 66.3 cm³/mol. The molecule has 0 aliphatic heterocycles. The first-order valence-corrected chi connectivity index (χ1v) is 5.76. The zero-order chi connectivity index (χ0) is 13.1. The fraction of sp³-hybridized carbons (Fsp3) is 0.667. The van der Waals surface area contributed by atoms with Gasteiger partial charge in [-0.05, 0) is 27.2 Å². The second kappa shape index (κ2) is 5.31. The number of hydrogen-bond acceptors (Lipinski definition) is 3. The quantitative estimate of drug-likeness (QED) is 0.766. The summed E-state index contributed by atoms with van der Waals surface area (Å²) in [5.41, 5.74) is -0.850. The Morgan fingerprint density at radius 1 is 1.35 bits per heavy atom. The first kappa shape index (κ1) is 13.7. The summed E-state index contributed by atoms with van der Waals surface area (Å²) in [5, 5.41) is 0. The lowest BCUT2D eigenvalue weighted by Crippen LogP contribution is -2.40. The van der Waals surface area contributed by atoms with Crippen LogP contribution in [0.3, 0.4) is 0 Å². The molecule has 0 amide bonds. The Kier molecular flexibility index (Phi) is 4.28. The van der Waals surface area contributed by atoms with E-state index in [9.17, 15) is 9.59 Å². The molecule has 1 aromatic rings. The van der Waals surface area contributed by atoms with E-state index in [4.69, 9.17) is 4.74 Å². The highest BCUT2D eigenvalue weighted by molar-refractivity contribution is 4.86. The van der Waals surface area contributed by atoms with Crippen LogP contribution in [-0.4, -0.2) is 21.8 Å². The number of hydrogen-bond donors (Lipinski definition) is 0. The van der Waals surface area contributed by atoms with E-state index in [1.165, 1.54) is 21.4 Å². The minimum atomic E-state index is -0.335. The Morgan fingerprint density at radius 2 is 2.00 bits per heavy atom. The molecule has 0 unspecified atom stereocenters. The van der Waals surface area contributed by atoms with Gasteiger partial charge < -0.3 is 9.30 Å². The Balaban J connectivity index is 2.99. The van der Waals surface area contributed by atoms with Crippen molar-refractivity contribution < 1.29 is 4.74 Å². The van der Waals surface area contributed by atoms with Crippen LogP contribution in [0.25, 0.3) is 0 Å². The normalized spacial score (nSPS) is 11.8. The maximum atomic E-state index is 11.9. The van der Waals surface area contributed by atoms with E-state index in [-0.39, 0.29) is 16.9 Å². The van der Waals surface area contributed by atoms with E-state index in [0.29, 0.717) is 19.5 Å². The van der Waals surface area contributed by atoms with Gasteiger partial charge in [-0.25, -0.2) is 4.79 Å². The van der Waals surface area contributed by atoms with Gasteiger partial charge in [0, 0.05) is 32.5 Å². The number of aryl methyl sites for hydroxylation is 1. The van der Waals surface area contributed by atoms with Crippen molar-refractivity contribution in [3.8, 4) is 0 Å². The molecule has 0 bridgehead atoms. The van der Waals surface area contributed by atoms with Crippen LogP contribution in [0.4, 0.5) is 0 Å². The monoisotopic (exact) mass is 240 g/mol. The second-order valence-electron chi connectivity index (χ2n) is 4.59. The van der Waals surface area contributed by atoms with Crippen LogP contribution in [0.1, 0.15) is 27.2 Å². The third-order valence-corrected chi connectivity index (χ3v) is 2.97. The first-order valence-electron chi connectivity index (χ1n) is 5.76. The zero-order valence-corrected chi connectivity index (χ0v) is 10.9. The maximum Gasteiger partial charge on any atom is 0.330 e. The van der Waals surface area contributed by atoms with E-state index in [1.807, 2.05) is 20.8 Å². The summed E-state index contributed by atoms with van der Waals surface area (Å²) in [5.74, 6) is 0.